The van der Waals surface area contributed by atoms with Gasteiger partial charge < -0.3 is 24.5 Å². The normalized spacial score (nSPS) is 31.1. The van der Waals surface area contributed by atoms with Gasteiger partial charge in [0.1, 0.15) is 11.6 Å². The Morgan fingerprint density at radius 3 is 2.34 bits per heavy atom. The molecule has 3 aliphatic heterocycles. The van der Waals surface area contributed by atoms with Crippen LogP contribution in [0.3, 0.4) is 0 Å². The summed E-state index contributed by atoms with van der Waals surface area (Å²) in [5.41, 5.74) is -1.68. The molecule has 41 heavy (non-hydrogen) atoms. The summed E-state index contributed by atoms with van der Waals surface area (Å²) in [6, 6.07) is 8.21. The minimum absolute atomic E-state index is 0.0743. The second kappa shape index (κ2) is 11.4. The number of fused-ring (bicyclic) bond motifs is 1. The van der Waals surface area contributed by atoms with E-state index in [9.17, 15) is 19.5 Å². The van der Waals surface area contributed by atoms with Gasteiger partial charge in [0, 0.05) is 25.2 Å². The summed E-state index contributed by atoms with van der Waals surface area (Å²) in [6.45, 7) is 20.2. The Bertz CT molecular complexity index is 1180. The molecule has 2 bridgehead atoms. The zero-order valence-corrected chi connectivity index (χ0v) is 25.5. The molecule has 8 nitrogen and oxygen atoms in total. The molecule has 7 atom stereocenters. The lowest BCUT2D eigenvalue weighted by molar-refractivity contribution is -0.160. The van der Waals surface area contributed by atoms with Gasteiger partial charge in [0.05, 0.1) is 30.1 Å². The number of aliphatic hydroxyl groups excluding tert-OH is 1. The number of aliphatic hydroxyl groups is 1. The van der Waals surface area contributed by atoms with Gasteiger partial charge in [0.15, 0.2) is 0 Å². The van der Waals surface area contributed by atoms with Crippen molar-refractivity contribution in [3.8, 4) is 0 Å². The summed E-state index contributed by atoms with van der Waals surface area (Å²) in [6.07, 6.45) is 4.32. The molecule has 3 saturated heterocycles. The summed E-state index contributed by atoms with van der Waals surface area (Å²) in [4.78, 5) is 48.7. The summed E-state index contributed by atoms with van der Waals surface area (Å²) < 4.78 is 6.92. The van der Waals surface area contributed by atoms with Gasteiger partial charge >= 0.3 is 0 Å². The van der Waals surface area contributed by atoms with E-state index in [2.05, 4.69) is 13.2 Å². The first-order valence-electron chi connectivity index (χ1n) is 14.8. The van der Waals surface area contributed by atoms with Crippen LogP contribution in [0, 0.1) is 17.8 Å². The van der Waals surface area contributed by atoms with Crippen LogP contribution in [0.15, 0.2) is 55.6 Å². The van der Waals surface area contributed by atoms with Gasteiger partial charge in [-0.1, -0.05) is 56.3 Å². The molecule has 3 amide bonds. The number of amides is 3. The highest BCUT2D eigenvalue weighted by Gasteiger charge is 2.80. The molecule has 3 aliphatic rings. The maximum atomic E-state index is 14.6. The Kier molecular flexibility index (Phi) is 8.59. The minimum atomic E-state index is -1.18. The predicted molar refractivity (Wildman–Crippen MR) is 158 cm³/mol. The van der Waals surface area contributed by atoms with Gasteiger partial charge in [-0.3, -0.25) is 14.4 Å². The van der Waals surface area contributed by atoms with Crippen LogP contribution in [0.1, 0.15) is 59.9 Å². The van der Waals surface area contributed by atoms with Crippen molar-refractivity contribution >= 4 is 17.7 Å². The molecular formula is C33H47N3O5. The molecule has 224 valence electrons. The highest BCUT2D eigenvalue weighted by Crippen LogP contribution is 2.66. The SMILES string of the molecule is C=CCN(Cc1ccccc1)C(=O)[C@@H]1[C@H]2C(=O)N([C@@H](CC)CO)C(C(=O)N(CC=C)C(C)(C)C)C23CC(C)[C@@]1(C)O3. The number of likely N-dealkylation sites (tertiary alicyclic amines) is 1. The van der Waals surface area contributed by atoms with Crippen molar-refractivity contribution in [1.29, 1.82) is 0 Å². The molecule has 0 aliphatic carbocycles. The van der Waals surface area contributed by atoms with Crippen LogP contribution in [-0.4, -0.2) is 86.0 Å². The number of carbonyl (C=O) groups excluding carboxylic acids is 3. The van der Waals surface area contributed by atoms with E-state index in [1.807, 2.05) is 71.9 Å². The third kappa shape index (κ3) is 4.93. The zero-order chi connectivity index (χ0) is 30.3. The van der Waals surface area contributed by atoms with Gasteiger partial charge in [0.2, 0.25) is 17.7 Å². The second-order valence-corrected chi connectivity index (χ2v) is 13.1. The van der Waals surface area contributed by atoms with Crippen molar-refractivity contribution in [3.05, 3.63) is 61.2 Å². The average Bonchev–Trinajstić information content (AvgIpc) is 3.44. The quantitative estimate of drug-likeness (QED) is 0.413. The lowest BCUT2D eigenvalue weighted by atomic mass is 9.62. The number of hydrogen-bond acceptors (Lipinski definition) is 5. The minimum Gasteiger partial charge on any atom is -0.394 e. The van der Waals surface area contributed by atoms with Crippen molar-refractivity contribution in [3.63, 3.8) is 0 Å². The van der Waals surface area contributed by atoms with Gasteiger partial charge in [-0.15, -0.1) is 13.2 Å². The highest BCUT2D eigenvalue weighted by atomic mass is 16.5. The van der Waals surface area contributed by atoms with Crippen LogP contribution in [0.5, 0.6) is 0 Å². The molecule has 1 aromatic carbocycles. The van der Waals surface area contributed by atoms with Gasteiger partial charge in [-0.2, -0.15) is 0 Å². The van der Waals surface area contributed by atoms with Crippen LogP contribution in [-0.2, 0) is 25.7 Å². The average molecular weight is 566 g/mol. The van der Waals surface area contributed by atoms with E-state index in [1.54, 1.807) is 26.9 Å². The standard InChI is InChI=1S/C33H47N3O5/c1-9-17-34(20-23-15-13-12-14-16-23)28(38)25-26-29(39)36(24(11-3)21-37)27(30(40)35(18-10-2)31(5,6)7)33(26)19-22(4)32(25,8)41-33/h9-10,12-16,22,24-27,37H,1-2,11,17-21H2,3-8H3/t22?,24-,25-,26-,27?,32+,33?/m0/s1. The fourth-order valence-electron chi connectivity index (χ4n) is 7.50. The summed E-state index contributed by atoms with van der Waals surface area (Å²) in [5.74, 6) is -2.39. The van der Waals surface area contributed by atoms with E-state index in [-0.39, 0.29) is 30.2 Å². The van der Waals surface area contributed by atoms with E-state index in [0.717, 1.165) is 5.56 Å². The molecule has 1 spiro atoms. The van der Waals surface area contributed by atoms with Gasteiger partial charge in [0.25, 0.3) is 0 Å². The second-order valence-electron chi connectivity index (χ2n) is 13.1. The van der Waals surface area contributed by atoms with Crippen molar-refractivity contribution in [2.24, 2.45) is 17.8 Å². The highest BCUT2D eigenvalue weighted by molar-refractivity contribution is 5.99. The molecule has 4 rings (SSSR count). The third-order valence-electron chi connectivity index (χ3n) is 9.59. The van der Waals surface area contributed by atoms with Crippen LogP contribution in [0.4, 0.5) is 0 Å². The molecule has 3 fully saturated rings. The van der Waals surface area contributed by atoms with E-state index < -0.39 is 40.7 Å². The van der Waals surface area contributed by atoms with E-state index in [1.165, 1.54) is 0 Å². The molecular weight excluding hydrogens is 518 g/mol. The maximum Gasteiger partial charge on any atom is 0.249 e. The fourth-order valence-corrected chi connectivity index (χ4v) is 7.50. The topological polar surface area (TPSA) is 90.4 Å². The van der Waals surface area contributed by atoms with Gasteiger partial charge in [-0.25, -0.2) is 0 Å². The van der Waals surface area contributed by atoms with Crippen LogP contribution in [0.2, 0.25) is 0 Å². The maximum absolute atomic E-state index is 14.6. The number of hydrogen-bond donors (Lipinski definition) is 1. The molecule has 3 heterocycles. The van der Waals surface area contributed by atoms with Crippen molar-refractivity contribution in [1.82, 2.24) is 14.7 Å². The van der Waals surface area contributed by atoms with Crippen LogP contribution >= 0.6 is 0 Å². The summed E-state index contributed by atoms with van der Waals surface area (Å²) in [5, 5.41) is 10.4. The number of benzene rings is 1. The first kappa shape index (κ1) is 31.0. The fraction of sp³-hybridized carbons (Fsp3) is 0.606. The Morgan fingerprint density at radius 2 is 1.80 bits per heavy atom. The molecule has 0 aromatic heterocycles. The Labute approximate surface area is 245 Å². The van der Waals surface area contributed by atoms with Crippen molar-refractivity contribution in [2.45, 2.75) is 89.8 Å². The Morgan fingerprint density at radius 1 is 1.17 bits per heavy atom. The molecule has 1 N–H and O–H groups in total. The van der Waals surface area contributed by atoms with E-state index in [0.29, 0.717) is 32.5 Å². The third-order valence-corrected chi connectivity index (χ3v) is 9.59. The predicted octanol–water partition coefficient (Wildman–Crippen LogP) is 3.80. The summed E-state index contributed by atoms with van der Waals surface area (Å²) >= 11 is 0. The number of rotatable bonds is 11. The van der Waals surface area contributed by atoms with Crippen molar-refractivity contribution in [2.75, 3.05) is 19.7 Å². The lowest BCUT2D eigenvalue weighted by Gasteiger charge is -2.43. The smallest absolute Gasteiger partial charge is 0.249 e. The summed E-state index contributed by atoms with van der Waals surface area (Å²) in [7, 11) is 0. The Hall–Kier alpha value is -2.97. The largest absolute Gasteiger partial charge is 0.394 e. The molecule has 0 saturated carbocycles. The zero-order valence-electron chi connectivity index (χ0n) is 25.5. The van der Waals surface area contributed by atoms with Gasteiger partial charge in [-0.05, 0) is 52.0 Å². The van der Waals surface area contributed by atoms with E-state index >= 15 is 0 Å². The van der Waals surface area contributed by atoms with E-state index in [4.69, 9.17) is 4.74 Å². The molecule has 1 aromatic rings. The lowest BCUT2D eigenvalue weighted by Crippen LogP contribution is -2.61. The molecule has 0 radical (unpaired) electrons. The number of carbonyl (C=O) groups is 3. The molecule has 3 unspecified atom stereocenters. The number of ether oxygens (including phenoxy) is 1. The van der Waals surface area contributed by atoms with Crippen molar-refractivity contribution < 1.29 is 24.2 Å². The first-order valence-corrected chi connectivity index (χ1v) is 14.8. The first-order chi connectivity index (χ1) is 19.3. The Balaban J connectivity index is 1.84. The number of nitrogens with zero attached hydrogens (tertiary/aromatic N) is 3. The van der Waals surface area contributed by atoms with Crippen LogP contribution in [0.25, 0.3) is 0 Å². The van der Waals surface area contributed by atoms with Crippen LogP contribution < -0.4 is 0 Å². The monoisotopic (exact) mass is 565 g/mol. The molecule has 8 heteroatoms.